The van der Waals surface area contributed by atoms with Crippen LogP contribution in [0.15, 0.2) is 30.6 Å². The Bertz CT molecular complexity index is 755. The highest BCUT2D eigenvalue weighted by atomic mass is 16.1. The van der Waals surface area contributed by atoms with Crippen LogP contribution in [-0.2, 0) is 7.05 Å². The average molecular weight is 255 g/mol. The van der Waals surface area contributed by atoms with Gasteiger partial charge in [0.05, 0.1) is 17.9 Å². The Morgan fingerprint density at radius 2 is 2.21 bits per heavy atom. The Balaban J connectivity index is 1.88. The molecule has 0 radical (unpaired) electrons. The van der Waals surface area contributed by atoms with Crippen LogP contribution in [0.3, 0.4) is 0 Å². The first-order valence-electron chi connectivity index (χ1n) is 5.88. The summed E-state index contributed by atoms with van der Waals surface area (Å²) < 4.78 is 1.77. The number of nitrogens with one attached hydrogen (secondary N) is 2. The molecule has 3 aromatic rings. The third-order valence-corrected chi connectivity index (χ3v) is 2.95. The van der Waals surface area contributed by atoms with Gasteiger partial charge in [-0.25, -0.2) is 4.98 Å². The molecule has 0 saturated carbocycles. The van der Waals surface area contributed by atoms with Gasteiger partial charge in [0.15, 0.2) is 0 Å². The fourth-order valence-electron chi connectivity index (χ4n) is 1.96. The van der Waals surface area contributed by atoms with Crippen LogP contribution >= 0.6 is 0 Å². The van der Waals surface area contributed by atoms with Crippen LogP contribution in [-0.4, -0.2) is 25.7 Å². The molecule has 1 amide bonds. The third-order valence-electron chi connectivity index (χ3n) is 2.95. The smallest absolute Gasteiger partial charge is 0.273 e. The average Bonchev–Trinajstić information content (AvgIpc) is 2.97. The van der Waals surface area contributed by atoms with Gasteiger partial charge in [0, 0.05) is 18.1 Å². The summed E-state index contributed by atoms with van der Waals surface area (Å²) in [5.41, 5.74) is 2.15. The molecule has 96 valence electrons. The molecule has 0 atom stereocenters. The summed E-state index contributed by atoms with van der Waals surface area (Å²) >= 11 is 0. The van der Waals surface area contributed by atoms with E-state index < -0.39 is 0 Å². The Kier molecular flexibility index (Phi) is 2.56. The third kappa shape index (κ3) is 2.08. The maximum absolute atomic E-state index is 12.0. The number of anilines is 1. The number of aromatic amines is 1. The van der Waals surface area contributed by atoms with Crippen LogP contribution in [0, 0.1) is 6.92 Å². The van der Waals surface area contributed by atoms with E-state index in [9.17, 15) is 4.79 Å². The molecule has 0 unspecified atom stereocenters. The molecular formula is C13H13N5O. The van der Waals surface area contributed by atoms with Gasteiger partial charge >= 0.3 is 0 Å². The highest BCUT2D eigenvalue weighted by Gasteiger charge is 2.09. The molecule has 2 heterocycles. The summed E-state index contributed by atoms with van der Waals surface area (Å²) in [5, 5.41) is 8.03. The number of benzene rings is 1. The van der Waals surface area contributed by atoms with Crippen molar-refractivity contribution in [3.8, 4) is 0 Å². The van der Waals surface area contributed by atoms with Crippen molar-refractivity contribution in [2.45, 2.75) is 6.92 Å². The lowest BCUT2D eigenvalue weighted by Gasteiger charge is -2.04. The summed E-state index contributed by atoms with van der Waals surface area (Å²) in [5.74, 6) is 0.509. The zero-order valence-corrected chi connectivity index (χ0v) is 10.6. The predicted octanol–water partition coefficient (Wildman–Crippen LogP) is 1.86. The van der Waals surface area contributed by atoms with E-state index in [0.29, 0.717) is 11.5 Å². The van der Waals surface area contributed by atoms with Gasteiger partial charge in [0.25, 0.3) is 5.91 Å². The van der Waals surface area contributed by atoms with Crippen LogP contribution in [0.25, 0.3) is 10.9 Å². The van der Waals surface area contributed by atoms with E-state index in [1.807, 2.05) is 25.2 Å². The van der Waals surface area contributed by atoms with E-state index in [-0.39, 0.29) is 5.91 Å². The monoisotopic (exact) mass is 255 g/mol. The lowest BCUT2D eigenvalue weighted by Crippen LogP contribution is -2.12. The number of aryl methyl sites for hydroxylation is 2. The highest BCUT2D eigenvalue weighted by Crippen LogP contribution is 2.18. The quantitative estimate of drug-likeness (QED) is 0.733. The van der Waals surface area contributed by atoms with Gasteiger partial charge in [0.1, 0.15) is 11.5 Å². The van der Waals surface area contributed by atoms with Gasteiger partial charge in [-0.2, -0.15) is 5.10 Å². The molecule has 1 aromatic carbocycles. The first-order valence-corrected chi connectivity index (χ1v) is 5.88. The van der Waals surface area contributed by atoms with Crippen LogP contribution in [0.5, 0.6) is 0 Å². The lowest BCUT2D eigenvalue weighted by molar-refractivity contribution is 0.102. The fourth-order valence-corrected chi connectivity index (χ4v) is 1.96. The Labute approximate surface area is 109 Å². The van der Waals surface area contributed by atoms with Gasteiger partial charge in [-0.15, -0.1) is 0 Å². The number of rotatable bonds is 2. The van der Waals surface area contributed by atoms with Crippen molar-refractivity contribution in [1.29, 1.82) is 0 Å². The van der Waals surface area contributed by atoms with E-state index >= 15 is 0 Å². The summed E-state index contributed by atoms with van der Waals surface area (Å²) in [6, 6.07) is 5.67. The number of carbonyl (C=O) groups is 1. The molecule has 0 fully saturated rings. The summed E-state index contributed by atoms with van der Waals surface area (Å²) in [7, 11) is 1.87. The van der Waals surface area contributed by atoms with Gasteiger partial charge in [-0.3, -0.25) is 9.48 Å². The summed E-state index contributed by atoms with van der Waals surface area (Å²) in [6.07, 6.45) is 3.31. The minimum absolute atomic E-state index is 0.206. The van der Waals surface area contributed by atoms with E-state index in [1.165, 1.54) is 6.20 Å². The van der Waals surface area contributed by atoms with Crippen LogP contribution in [0.2, 0.25) is 0 Å². The molecule has 19 heavy (non-hydrogen) atoms. The SMILES string of the molecule is Cc1ncc(C(=O)Nc2ccc3cnn(C)c3c2)[nH]1. The second-order valence-electron chi connectivity index (χ2n) is 4.38. The molecule has 0 aliphatic carbocycles. The molecular weight excluding hydrogens is 242 g/mol. The van der Waals surface area contributed by atoms with Crippen molar-refractivity contribution in [3.63, 3.8) is 0 Å². The Morgan fingerprint density at radius 1 is 1.37 bits per heavy atom. The zero-order chi connectivity index (χ0) is 13.4. The molecule has 3 rings (SSSR count). The molecule has 0 bridgehead atoms. The molecule has 0 aliphatic rings. The van der Waals surface area contributed by atoms with Crippen molar-refractivity contribution < 1.29 is 4.79 Å². The summed E-state index contributed by atoms with van der Waals surface area (Å²) in [6.45, 7) is 1.80. The lowest BCUT2D eigenvalue weighted by atomic mass is 10.2. The van der Waals surface area contributed by atoms with Gasteiger partial charge < -0.3 is 10.3 Å². The van der Waals surface area contributed by atoms with Crippen molar-refractivity contribution in [1.82, 2.24) is 19.7 Å². The Hall–Kier alpha value is -2.63. The molecule has 6 nitrogen and oxygen atoms in total. The number of hydrogen-bond donors (Lipinski definition) is 2. The van der Waals surface area contributed by atoms with Gasteiger partial charge in [-0.1, -0.05) is 0 Å². The van der Waals surface area contributed by atoms with E-state index in [0.717, 1.165) is 16.6 Å². The van der Waals surface area contributed by atoms with Crippen LogP contribution in [0.1, 0.15) is 16.3 Å². The minimum Gasteiger partial charge on any atom is -0.338 e. The van der Waals surface area contributed by atoms with E-state index in [4.69, 9.17) is 0 Å². The summed E-state index contributed by atoms with van der Waals surface area (Å²) in [4.78, 5) is 18.9. The topological polar surface area (TPSA) is 75.6 Å². The first kappa shape index (κ1) is 11.5. The Morgan fingerprint density at radius 3 is 2.95 bits per heavy atom. The molecule has 0 aliphatic heterocycles. The van der Waals surface area contributed by atoms with Crippen molar-refractivity contribution in [3.05, 3.63) is 42.1 Å². The van der Waals surface area contributed by atoms with Crippen molar-refractivity contribution in [2.75, 3.05) is 5.32 Å². The largest absolute Gasteiger partial charge is 0.338 e. The minimum atomic E-state index is -0.206. The van der Waals surface area contributed by atoms with E-state index in [2.05, 4.69) is 20.4 Å². The number of hydrogen-bond acceptors (Lipinski definition) is 3. The number of carbonyl (C=O) groups excluding carboxylic acids is 1. The fraction of sp³-hybridized carbons (Fsp3) is 0.154. The highest BCUT2D eigenvalue weighted by molar-refractivity contribution is 6.03. The second kappa shape index (κ2) is 4.24. The molecule has 2 N–H and O–H groups in total. The van der Waals surface area contributed by atoms with Crippen molar-refractivity contribution >= 4 is 22.5 Å². The normalized spacial score (nSPS) is 10.8. The number of aromatic nitrogens is 4. The van der Waals surface area contributed by atoms with Crippen molar-refractivity contribution in [2.24, 2.45) is 7.05 Å². The van der Waals surface area contributed by atoms with Crippen LogP contribution in [0.4, 0.5) is 5.69 Å². The molecule has 6 heteroatoms. The second-order valence-corrected chi connectivity index (χ2v) is 4.38. The maximum Gasteiger partial charge on any atom is 0.273 e. The number of nitrogens with zero attached hydrogens (tertiary/aromatic N) is 3. The standard InChI is InChI=1S/C13H13N5O/c1-8-14-7-11(16-8)13(19)17-10-4-3-9-6-15-18(2)12(9)5-10/h3-7H,1-2H3,(H,14,16)(H,17,19). The molecule has 0 saturated heterocycles. The first-order chi connectivity index (χ1) is 9.13. The number of H-pyrrole nitrogens is 1. The van der Waals surface area contributed by atoms with Gasteiger partial charge in [-0.05, 0) is 25.1 Å². The van der Waals surface area contributed by atoms with Crippen LogP contribution < -0.4 is 5.32 Å². The number of imidazole rings is 1. The number of fused-ring (bicyclic) bond motifs is 1. The number of amides is 1. The zero-order valence-electron chi connectivity index (χ0n) is 10.6. The predicted molar refractivity (Wildman–Crippen MR) is 72.0 cm³/mol. The molecule has 0 spiro atoms. The van der Waals surface area contributed by atoms with Gasteiger partial charge in [0.2, 0.25) is 0 Å². The maximum atomic E-state index is 12.0. The van der Waals surface area contributed by atoms with E-state index in [1.54, 1.807) is 17.8 Å². The molecule has 2 aromatic heterocycles.